The predicted octanol–water partition coefficient (Wildman–Crippen LogP) is 0.953. The highest BCUT2D eigenvalue weighted by atomic mass is 16.5. The SMILES string of the molecule is CCOCCN(CC)CC(C)NC. The standard InChI is InChI=1S/C10H24N2O/c1-5-12(7-8-13-6-2)9-10(3)11-4/h10-11H,5-9H2,1-4H3. The minimum atomic E-state index is 0.557. The van der Waals surface area contributed by atoms with Gasteiger partial charge in [0.1, 0.15) is 0 Å². The Morgan fingerprint density at radius 1 is 1.38 bits per heavy atom. The summed E-state index contributed by atoms with van der Waals surface area (Å²) in [5.74, 6) is 0. The minimum Gasteiger partial charge on any atom is -0.380 e. The van der Waals surface area contributed by atoms with Gasteiger partial charge in [-0.1, -0.05) is 6.92 Å². The van der Waals surface area contributed by atoms with Crippen LogP contribution >= 0.6 is 0 Å². The van der Waals surface area contributed by atoms with E-state index < -0.39 is 0 Å². The summed E-state index contributed by atoms with van der Waals surface area (Å²) in [7, 11) is 2.00. The van der Waals surface area contributed by atoms with Crippen LogP contribution in [0.3, 0.4) is 0 Å². The molecule has 0 saturated heterocycles. The first-order valence-electron chi connectivity index (χ1n) is 5.21. The Morgan fingerprint density at radius 2 is 2.08 bits per heavy atom. The van der Waals surface area contributed by atoms with Gasteiger partial charge < -0.3 is 10.1 Å². The van der Waals surface area contributed by atoms with E-state index in [1.165, 1.54) is 0 Å². The van der Waals surface area contributed by atoms with Crippen LogP contribution in [0.2, 0.25) is 0 Å². The van der Waals surface area contributed by atoms with Gasteiger partial charge in [-0.05, 0) is 27.4 Å². The van der Waals surface area contributed by atoms with E-state index in [2.05, 4.69) is 24.1 Å². The molecule has 0 aromatic carbocycles. The van der Waals surface area contributed by atoms with Crippen LogP contribution in [0.25, 0.3) is 0 Å². The zero-order chi connectivity index (χ0) is 10.1. The second-order valence-corrected chi connectivity index (χ2v) is 3.28. The highest BCUT2D eigenvalue weighted by Crippen LogP contribution is 1.91. The lowest BCUT2D eigenvalue weighted by molar-refractivity contribution is 0.112. The lowest BCUT2D eigenvalue weighted by Crippen LogP contribution is -2.39. The van der Waals surface area contributed by atoms with Crippen molar-refractivity contribution in [2.24, 2.45) is 0 Å². The smallest absolute Gasteiger partial charge is 0.0593 e. The van der Waals surface area contributed by atoms with E-state index in [1.807, 2.05) is 14.0 Å². The Balaban J connectivity index is 3.50. The van der Waals surface area contributed by atoms with Crippen LogP contribution in [-0.2, 0) is 4.74 Å². The van der Waals surface area contributed by atoms with E-state index >= 15 is 0 Å². The van der Waals surface area contributed by atoms with Crippen molar-refractivity contribution in [1.82, 2.24) is 10.2 Å². The second kappa shape index (κ2) is 8.48. The van der Waals surface area contributed by atoms with Crippen molar-refractivity contribution in [2.75, 3.05) is 39.9 Å². The molecule has 0 saturated carbocycles. The van der Waals surface area contributed by atoms with E-state index in [4.69, 9.17) is 4.74 Å². The Hall–Kier alpha value is -0.120. The van der Waals surface area contributed by atoms with Gasteiger partial charge in [-0.25, -0.2) is 0 Å². The van der Waals surface area contributed by atoms with Crippen molar-refractivity contribution in [2.45, 2.75) is 26.8 Å². The largest absolute Gasteiger partial charge is 0.380 e. The summed E-state index contributed by atoms with van der Waals surface area (Å²) in [5.41, 5.74) is 0. The van der Waals surface area contributed by atoms with E-state index in [0.29, 0.717) is 6.04 Å². The summed E-state index contributed by atoms with van der Waals surface area (Å²) in [4.78, 5) is 2.40. The van der Waals surface area contributed by atoms with Crippen LogP contribution in [0.15, 0.2) is 0 Å². The van der Waals surface area contributed by atoms with Gasteiger partial charge in [0, 0.05) is 25.7 Å². The highest BCUT2D eigenvalue weighted by molar-refractivity contribution is 4.64. The molecule has 80 valence electrons. The Bertz CT molecular complexity index is 109. The molecule has 0 aliphatic carbocycles. The van der Waals surface area contributed by atoms with Gasteiger partial charge in [0.25, 0.3) is 0 Å². The number of hydrogen-bond donors (Lipinski definition) is 1. The van der Waals surface area contributed by atoms with Crippen LogP contribution in [0.4, 0.5) is 0 Å². The first-order valence-corrected chi connectivity index (χ1v) is 5.21. The van der Waals surface area contributed by atoms with Gasteiger partial charge in [-0.3, -0.25) is 4.90 Å². The fourth-order valence-electron chi connectivity index (χ4n) is 1.20. The van der Waals surface area contributed by atoms with E-state index in [1.54, 1.807) is 0 Å². The molecule has 0 aliphatic heterocycles. The predicted molar refractivity (Wildman–Crippen MR) is 57.1 cm³/mol. The molecule has 3 nitrogen and oxygen atoms in total. The third kappa shape index (κ3) is 6.99. The molecule has 1 atom stereocenters. The van der Waals surface area contributed by atoms with Gasteiger partial charge in [-0.15, -0.1) is 0 Å². The van der Waals surface area contributed by atoms with Crippen molar-refractivity contribution in [3.8, 4) is 0 Å². The van der Waals surface area contributed by atoms with Crippen LogP contribution in [0.5, 0.6) is 0 Å². The molecule has 1 unspecified atom stereocenters. The lowest BCUT2D eigenvalue weighted by Gasteiger charge is -2.23. The summed E-state index contributed by atoms with van der Waals surface area (Å²) >= 11 is 0. The molecule has 0 fully saturated rings. The number of nitrogens with zero attached hydrogens (tertiary/aromatic N) is 1. The number of nitrogens with one attached hydrogen (secondary N) is 1. The number of hydrogen-bond acceptors (Lipinski definition) is 3. The first kappa shape index (κ1) is 12.9. The molecule has 0 aliphatic rings. The third-order valence-electron chi connectivity index (χ3n) is 2.23. The minimum absolute atomic E-state index is 0.557. The molecule has 0 aromatic rings. The molecule has 0 heterocycles. The molecular weight excluding hydrogens is 164 g/mol. The number of likely N-dealkylation sites (N-methyl/N-ethyl adjacent to an activating group) is 2. The zero-order valence-electron chi connectivity index (χ0n) is 9.47. The average Bonchev–Trinajstić information content (AvgIpc) is 2.16. The zero-order valence-corrected chi connectivity index (χ0v) is 9.47. The molecule has 0 amide bonds. The van der Waals surface area contributed by atoms with Gasteiger partial charge in [0.2, 0.25) is 0 Å². The fraction of sp³-hybridized carbons (Fsp3) is 1.00. The molecule has 0 aromatic heterocycles. The van der Waals surface area contributed by atoms with Gasteiger partial charge >= 0.3 is 0 Å². The molecule has 0 bridgehead atoms. The Morgan fingerprint density at radius 3 is 2.54 bits per heavy atom. The summed E-state index contributed by atoms with van der Waals surface area (Å²) in [6.07, 6.45) is 0. The first-order chi connectivity index (χ1) is 6.24. The molecule has 1 N–H and O–H groups in total. The van der Waals surface area contributed by atoms with Crippen molar-refractivity contribution in [3.05, 3.63) is 0 Å². The highest BCUT2D eigenvalue weighted by Gasteiger charge is 2.05. The average molecular weight is 188 g/mol. The van der Waals surface area contributed by atoms with Gasteiger partial charge in [0.15, 0.2) is 0 Å². The van der Waals surface area contributed by atoms with Crippen LogP contribution in [0.1, 0.15) is 20.8 Å². The van der Waals surface area contributed by atoms with E-state index in [-0.39, 0.29) is 0 Å². The van der Waals surface area contributed by atoms with E-state index in [9.17, 15) is 0 Å². The van der Waals surface area contributed by atoms with Crippen LogP contribution in [-0.4, -0.2) is 50.8 Å². The van der Waals surface area contributed by atoms with Gasteiger partial charge in [-0.2, -0.15) is 0 Å². The molecule has 0 spiro atoms. The van der Waals surface area contributed by atoms with Crippen LogP contribution in [0, 0.1) is 0 Å². The molecular formula is C10H24N2O. The number of ether oxygens (including phenoxy) is 1. The normalized spacial score (nSPS) is 13.6. The van der Waals surface area contributed by atoms with Crippen molar-refractivity contribution in [3.63, 3.8) is 0 Å². The maximum atomic E-state index is 5.32. The summed E-state index contributed by atoms with van der Waals surface area (Å²) in [5, 5.41) is 3.24. The van der Waals surface area contributed by atoms with Crippen molar-refractivity contribution >= 4 is 0 Å². The summed E-state index contributed by atoms with van der Waals surface area (Å²) in [6, 6.07) is 0.557. The topological polar surface area (TPSA) is 24.5 Å². The summed E-state index contributed by atoms with van der Waals surface area (Å²) < 4.78 is 5.32. The fourth-order valence-corrected chi connectivity index (χ4v) is 1.20. The molecule has 13 heavy (non-hydrogen) atoms. The quantitative estimate of drug-likeness (QED) is 0.574. The van der Waals surface area contributed by atoms with Gasteiger partial charge in [0.05, 0.1) is 6.61 Å². The summed E-state index contributed by atoms with van der Waals surface area (Å²) in [6.45, 7) is 11.3. The Kier molecular flexibility index (Phi) is 8.40. The lowest BCUT2D eigenvalue weighted by atomic mass is 10.3. The maximum absolute atomic E-state index is 5.32. The second-order valence-electron chi connectivity index (χ2n) is 3.28. The third-order valence-corrected chi connectivity index (χ3v) is 2.23. The monoisotopic (exact) mass is 188 g/mol. The maximum Gasteiger partial charge on any atom is 0.0593 e. The number of rotatable bonds is 8. The van der Waals surface area contributed by atoms with E-state index in [0.717, 1.165) is 32.8 Å². The molecule has 0 rings (SSSR count). The van der Waals surface area contributed by atoms with Crippen molar-refractivity contribution in [1.29, 1.82) is 0 Å². The molecule has 0 radical (unpaired) electrons. The Labute approximate surface area is 82.4 Å². The molecule has 3 heteroatoms. The van der Waals surface area contributed by atoms with Crippen LogP contribution < -0.4 is 5.32 Å². The van der Waals surface area contributed by atoms with Crippen molar-refractivity contribution < 1.29 is 4.74 Å².